The zero-order valence-electron chi connectivity index (χ0n) is 14.1. The maximum absolute atomic E-state index is 12.3. The number of hydrogen-bond donors (Lipinski definition) is 3. The van der Waals surface area contributed by atoms with E-state index in [-0.39, 0.29) is 30.6 Å². The van der Waals surface area contributed by atoms with Crippen molar-refractivity contribution in [2.24, 2.45) is 0 Å². The largest absolute Gasteiger partial charge is 0.491 e. The average Bonchev–Trinajstić information content (AvgIpc) is 3.06. The number of nitrogens with one attached hydrogen (secondary N) is 2. The molecule has 1 aliphatic rings. The van der Waals surface area contributed by atoms with E-state index >= 15 is 0 Å². The quantitative estimate of drug-likeness (QED) is 0.777. The molecule has 2 amide bonds. The minimum Gasteiger partial charge on any atom is -0.491 e. The van der Waals surface area contributed by atoms with E-state index in [9.17, 15) is 14.7 Å². The summed E-state index contributed by atoms with van der Waals surface area (Å²) >= 11 is 0. The maximum Gasteiger partial charge on any atom is 0.254 e. The molecule has 6 nitrogen and oxygen atoms in total. The second-order valence-electron chi connectivity index (χ2n) is 5.95. The molecule has 1 aliphatic heterocycles. The highest BCUT2D eigenvalue weighted by Gasteiger charge is 2.44. The van der Waals surface area contributed by atoms with Crippen molar-refractivity contribution in [2.45, 2.75) is 5.41 Å². The van der Waals surface area contributed by atoms with Gasteiger partial charge in [0.05, 0.1) is 17.6 Å². The van der Waals surface area contributed by atoms with E-state index in [1.807, 2.05) is 30.3 Å². The van der Waals surface area contributed by atoms with Crippen molar-refractivity contribution in [3.63, 3.8) is 0 Å². The first kappa shape index (κ1) is 17.0. The topological polar surface area (TPSA) is 87.7 Å². The number of rotatable bonds is 4. The van der Waals surface area contributed by atoms with Crippen molar-refractivity contribution in [1.29, 1.82) is 0 Å². The molecule has 0 fully saturated rings. The first-order valence-electron chi connectivity index (χ1n) is 7.99. The predicted octanol–water partition coefficient (Wildman–Crippen LogP) is 1.08. The van der Waals surface area contributed by atoms with Crippen LogP contribution in [0.5, 0.6) is 5.75 Å². The van der Waals surface area contributed by atoms with E-state index in [1.165, 1.54) is 20.2 Å². The normalized spacial score (nSPS) is 18.2. The molecule has 0 aliphatic carbocycles. The van der Waals surface area contributed by atoms with Gasteiger partial charge in [0.2, 0.25) is 0 Å². The zero-order chi connectivity index (χ0) is 18.0. The Hall–Kier alpha value is -2.86. The summed E-state index contributed by atoms with van der Waals surface area (Å²) in [5, 5.41) is 15.3. The fraction of sp³-hybridized carbons (Fsp3) is 0.263. The van der Waals surface area contributed by atoms with E-state index in [0.717, 1.165) is 5.56 Å². The second-order valence-corrected chi connectivity index (χ2v) is 5.95. The van der Waals surface area contributed by atoms with E-state index in [1.54, 1.807) is 6.07 Å². The van der Waals surface area contributed by atoms with Gasteiger partial charge in [-0.1, -0.05) is 30.3 Å². The van der Waals surface area contributed by atoms with Gasteiger partial charge < -0.3 is 20.5 Å². The Morgan fingerprint density at radius 1 is 1.12 bits per heavy atom. The highest BCUT2D eigenvalue weighted by atomic mass is 16.5. The fourth-order valence-corrected chi connectivity index (χ4v) is 3.21. The van der Waals surface area contributed by atoms with E-state index < -0.39 is 5.41 Å². The summed E-state index contributed by atoms with van der Waals surface area (Å²) in [6.07, 6.45) is 0. The molecule has 3 rings (SSSR count). The molecule has 25 heavy (non-hydrogen) atoms. The number of aliphatic hydroxyl groups is 1. The number of ether oxygens (including phenoxy) is 1. The lowest BCUT2D eigenvalue weighted by atomic mass is 9.76. The Bertz CT molecular complexity index is 820. The van der Waals surface area contributed by atoms with Gasteiger partial charge in [0, 0.05) is 25.2 Å². The second kappa shape index (κ2) is 6.57. The Morgan fingerprint density at radius 3 is 2.40 bits per heavy atom. The minimum atomic E-state index is -0.816. The molecule has 2 aromatic carbocycles. The minimum absolute atomic E-state index is 0.198. The molecule has 3 N–H and O–H groups in total. The lowest BCUT2D eigenvalue weighted by Crippen LogP contribution is -2.34. The highest BCUT2D eigenvalue weighted by Crippen LogP contribution is 2.45. The van der Waals surface area contributed by atoms with Crippen LogP contribution >= 0.6 is 0 Å². The van der Waals surface area contributed by atoms with Crippen LogP contribution in [0.4, 0.5) is 0 Å². The summed E-state index contributed by atoms with van der Waals surface area (Å²) in [6, 6.07) is 12.7. The fourth-order valence-electron chi connectivity index (χ4n) is 3.21. The molecule has 0 saturated heterocycles. The van der Waals surface area contributed by atoms with Crippen LogP contribution in [0.3, 0.4) is 0 Å². The number of amides is 2. The molecule has 6 heteroatoms. The lowest BCUT2D eigenvalue weighted by molar-refractivity contribution is 0.0959. The van der Waals surface area contributed by atoms with Gasteiger partial charge in [0.25, 0.3) is 11.8 Å². The third-order valence-electron chi connectivity index (χ3n) is 4.62. The van der Waals surface area contributed by atoms with E-state index in [2.05, 4.69) is 10.6 Å². The van der Waals surface area contributed by atoms with Crippen LogP contribution in [0, 0.1) is 0 Å². The van der Waals surface area contributed by atoms with Crippen molar-refractivity contribution in [2.75, 3.05) is 27.3 Å². The molecule has 0 spiro atoms. The van der Waals surface area contributed by atoms with Crippen LogP contribution in [-0.4, -0.2) is 44.2 Å². The molecule has 0 radical (unpaired) electrons. The van der Waals surface area contributed by atoms with Crippen LogP contribution in [0.1, 0.15) is 31.8 Å². The molecule has 0 bridgehead atoms. The molecular weight excluding hydrogens is 320 g/mol. The van der Waals surface area contributed by atoms with Gasteiger partial charge in [-0.05, 0) is 17.7 Å². The summed E-state index contributed by atoms with van der Waals surface area (Å²) < 4.78 is 5.83. The van der Waals surface area contributed by atoms with E-state index in [4.69, 9.17) is 4.74 Å². The zero-order valence-corrected chi connectivity index (χ0v) is 14.1. The van der Waals surface area contributed by atoms with Gasteiger partial charge >= 0.3 is 0 Å². The first-order valence-corrected chi connectivity index (χ1v) is 7.99. The summed E-state index contributed by atoms with van der Waals surface area (Å²) in [5.41, 5.74) is 1.32. The molecule has 130 valence electrons. The Balaban J connectivity index is 2.27. The summed E-state index contributed by atoms with van der Waals surface area (Å²) in [6.45, 7) is -0.00155. The smallest absolute Gasteiger partial charge is 0.254 e. The molecular formula is C19H20N2O4. The van der Waals surface area contributed by atoms with Gasteiger partial charge in [0.1, 0.15) is 12.4 Å². The van der Waals surface area contributed by atoms with Crippen LogP contribution in [0.25, 0.3) is 0 Å². The number of carbonyl (C=O) groups is 2. The molecule has 1 heterocycles. The van der Waals surface area contributed by atoms with Crippen molar-refractivity contribution in [3.8, 4) is 5.75 Å². The molecule has 0 unspecified atom stereocenters. The van der Waals surface area contributed by atoms with E-state index in [0.29, 0.717) is 16.9 Å². The number of hydrogen-bond acceptors (Lipinski definition) is 4. The third kappa shape index (κ3) is 2.64. The standard InChI is InChI=1S/C19H20N2O4/c1-20-17(23)12-8-14(18(24)21-2)16-15(9-12)19(10-22,11-25-16)13-6-4-3-5-7-13/h3-9,22H,10-11H2,1-2H3,(H,20,23)(H,21,24)/t19-/m0/s1. The summed E-state index contributed by atoms with van der Waals surface area (Å²) in [5.74, 6) is -0.242. The first-order chi connectivity index (χ1) is 12.1. The van der Waals surface area contributed by atoms with Crippen molar-refractivity contribution in [3.05, 3.63) is 64.7 Å². The van der Waals surface area contributed by atoms with Crippen molar-refractivity contribution in [1.82, 2.24) is 10.6 Å². The average molecular weight is 340 g/mol. The van der Waals surface area contributed by atoms with Gasteiger partial charge in [-0.3, -0.25) is 9.59 Å². The van der Waals surface area contributed by atoms with Crippen LogP contribution in [0.2, 0.25) is 0 Å². The number of carbonyl (C=O) groups excluding carboxylic acids is 2. The Morgan fingerprint density at radius 2 is 1.80 bits per heavy atom. The lowest BCUT2D eigenvalue weighted by Gasteiger charge is -2.26. The van der Waals surface area contributed by atoms with Crippen molar-refractivity contribution >= 4 is 11.8 Å². The molecule has 0 saturated carbocycles. The summed E-state index contributed by atoms with van der Waals surface area (Å²) in [7, 11) is 3.05. The van der Waals surface area contributed by atoms with Gasteiger partial charge in [0.15, 0.2) is 0 Å². The van der Waals surface area contributed by atoms with Crippen LogP contribution in [0.15, 0.2) is 42.5 Å². The highest BCUT2D eigenvalue weighted by molar-refractivity contribution is 6.02. The third-order valence-corrected chi connectivity index (χ3v) is 4.62. The summed E-state index contributed by atoms with van der Waals surface area (Å²) in [4.78, 5) is 24.5. The number of fused-ring (bicyclic) bond motifs is 1. The van der Waals surface area contributed by atoms with Crippen LogP contribution in [-0.2, 0) is 5.41 Å². The SMILES string of the molecule is CNC(=O)c1cc(C(=O)NC)c2c(c1)[C@](CO)(c1ccccc1)CO2. The molecule has 1 atom stereocenters. The predicted molar refractivity (Wildman–Crippen MR) is 93.0 cm³/mol. The molecule has 2 aromatic rings. The van der Waals surface area contributed by atoms with Crippen LogP contribution < -0.4 is 15.4 Å². The number of aliphatic hydroxyl groups excluding tert-OH is 1. The molecule has 0 aromatic heterocycles. The maximum atomic E-state index is 12.3. The number of benzene rings is 2. The van der Waals surface area contributed by atoms with Crippen molar-refractivity contribution < 1.29 is 19.4 Å². The monoisotopic (exact) mass is 340 g/mol. The van der Waals surface area contributed by atoms with Gasteiger partial charge in [-0.25, -0.2) is 0 Å². The Kier molecular flexibility index (Phi) is 4.46. The Labute approximate surface area is 145 Å². The van der Waals surface area contributed by atoms with Gasteiger partial charge in [-0.15, -0.1) is 0 Å². The van der Waals surface area contributed by atoms with Gasteiger partial charge in [-0.2, -0.15) is 0 Å².